The number of H-pyrrole nitrogens is 2. The van der Waals surface area contributed by atoms with E-state index in [0.29, 0.717) is 5.82 Å². The summed E-state index contributed by atoms with van der Waals surface area (Å²) in [6.45, 7) is 3.84. The van der Waals surface area contributed by atoms with E-state index in [1.165, 1.54) is 0 Å². The Bertz CT molecular complexity index is 1080. The highest BCUT2D eigenvalue weighted by atomic mass is 16.1. The lowest BCUT2D eigenvalue weighted by molar-refractivity contribution is 0.775. The first kappa shape index (κ1) is 15.1. The summed E-state index contributed by atoms with van der Waals surface area (Å²) in [4.78, 5) is 18.6. The van der Waals surface area contributed by atoms with Gasteiger partial charge in [-0.1, -0.05) is 30.3 Å². The summed E-state index contributed by atoms with van der Waals surface area (Å²) in [6, 6.07) is 13.6. The Labute approximate surface area is 142 Å². The number of hydrogen-bond acceptors (Lipinski definition) is 5. The number of aromatic amines is 2. The lowest BCUT2D eigenvalue weighted by Crippen LogP contribution is -2.13. The van der Waals surface area contributed by atoms with Crippen LogP contribution in [0, 0.1) is 6.92 Å². The molecule has 0 fully saturated rings. The number of aryl methyl sites for hydroxylation is 1. The van der Waals surface area contributed by atoms with E-state index in [2.05, 4.69) is 25.6 Å². The molecular formula is C17H17N7O. The molecule has 1 aromatic carbocycles. The van der Waals surface area contributed by atoms with Crippen molar-refractivity contribution >= 4 is 11.5 Å². The van der Waals surface area contributed by atoms with Gasteiger partial charge in [0, 0.05) is 17.7 Å². The maximum absolute atomic E-state index is 11.3. The van der Waals surface area contributed by atoms with Crippen molar-refractivity contribution in [3.63, 3.8) is 0 Å². The molecule has 0 bridgehead atoms. The van der Waals surface area contributed by atoms with Crippen LogP contribution in [0.15, 0.2) is 47.3 Å². The molecule has 3 heterocycles. The average molecular weight is 335 g/mol. The third-order valence-electron chi connectivity index (χ3n) is 3.91. The number of rotatable bonds is 4. The summed E-state index contributed by atoms with van der Waals surface area (Å²) in [7, 11) is 0. The second-order valence-electron chi connectivity index (χ2n) is 5.88. The van der Waals surface area contributed by atoms with Gasteiger partial charge >= 0.3 is 5.69 Å². The molecule has 3 aromatic heterocycles. The maximum Gasteiger partial charge on any atom is 0.340 e. The largest absolute Gasteiger partial charge is 0.360 e. The van der Waals surface area contributed by atoms with Gasteiger partial charge in [-0.15, -0.1) is 0 Å². The minimum absolute atomic E-state index is 0.210. The van der Waals surface area contributed by atoms with Gasteiger partial charge < -0.3 is 5.32 Å². The van der Waals surface area contributed by atoms with Crippen molar-refractivity contribution < 1.29 is 0 Å². The van der Waals surface area contributed by atoms with Gasteiger partial charge in [0.2, 0.25) is 0 Å². The molecule has 0 aliphatic heterocycles. The number of nitrogens with zero attached hydrogens (tertiary/aromatic N) is 4. The van der Waals surface area contributed by atoms with E-state index in [1.807, 2.05) is 56.3 Å². The molecule has 1 unspecified atom stereocenters. The summed E-state index contributed by atoms with van der Waals surface area (Å²) >= 11 is 0. The second kappa shape index (κ2) is 5.90. The topological polar surface area (TPSA) is 104 Å². The highest BCUT2D eigenvalue weighted by Gasteiger charge is 2.14. The minimum Gasteiger partial charge on any atom is -0.360 e. The molecule has 126 valence electrons. The van der Waals surface area contributed by atoms with Crippen molar-refractivity contribution in [3.05, 3.63) is 64.5 Å². The third kappa shape index (κ3) is 2.89. The molecule has 0 aliphatic rings. The zero-order valence-electron chi connectivity index (χ0n) is 13.8. The molecule has 8 nitrogen and oxygen atoms in total. The first-order chi connectivity index (χ1) is 12.1. The van der Waals surface area contributed by atoms with Gasteiger partial charge in [0.1, 0.15) is 5.82 Å². The van der Waals surface area contributed by atoms with E-state index >= 15 is 0 Å². The molecule has 4 aromatic rings. The molecule has 0 saturated carbocycles. The Morgan fingerprint density at radius 1 is 1.20 bits per heavy atom. The fraction of sp³-hybridized carbons (Fsp3) is 0.176. The van der Waals surface area contributed by atoms with Crippen LogP contribution in [-0.2, 0) is 0 Å². The Morgan fingerprint density at radius 2 is 2.00 bits per heavy atom. The zero-order valence-corrected chi connectivity index (χ0v) is 13.8. The highest BCUT2D eigenvalue weighted by Crippen LogP contribution is 2.24. The first-order valence-electron chi connectivity index (χ1n) is 7.94. The van der Waals surface area contributed by atoms with Gasteiger partial charge in [0.25, 0.3) is 0 Å². The van der Waals surface area contributed by atoms with Gasteiger partial charge in [0.05, 0.1) is 17.4 Å². The fourth-order valence-electron chi connectivity index (χ4n) is 2.73. The van der Waals surface area contributed by atoms with E-state index in [9.17, 15) is 4.79 Å². The maximum atomic E-state index is 11.3. The van der Waals surface area contributed by atoms with Crippen LogP contribution >= 0.6 is 0 Å². The summed E-state index contributed by atoms with van der Waals surface area (Å²) < 4.78 is 1.75. The Balaban J connectivity index is 1.79. The van der Waals surface area contributed by atoms with Crippen LogP contribution in [0.25, 0.3) is 16.9 Å². The van der Waals surface area contributed by atoms with E-state index in [-0.39, 0.29) is 11.7 Å². The van der Waals surface area contributed by atoms with Gasteiger partial charge in [-0.2, -0.15) is 14.7 Å². The number of benzene rings is 1. The Hall–Kier alpha value is -3.42. The Kier molecular flexibility index (Phi) is 3.57. The van der Waals surface area contributed by atoms with Crippen LogP contribution in [0.4, 0.5) is 5.82 Å². The zero-order chi connectivity index (χ0) is 17.4. The smallest absolute Gasteiger partial charge is 0.340 e. The predicted molar refractivity (Wildman–Crippen MR) is 94.4 cm³/mol. The van der Waals surface area contributed by atoms with E-state index in [1.54, 1.807) is 4.52 Å². The molecule has 0 aliphatic carbocycles. The van der Waals surface area contributed by atoms with Crippen LogP contribution in [0.1, 0.15) is 24.5 Å². The molecule has 0 spiro atoms. The summed E-state index contributed by atoms with van der Waals surface area (Å²) in [5.74, 6) is 1.30. The van der Waals surface area contributed by atoms with E-state index < -0.39 is 0 Å². The number of fused-ring (bicyclic) bond motifs is 1. The molecule has 4 rings (SSSR count). The Morgan fingerprint density at radius 3 is 2.72 bits per heavy atom. The van der Waals surface area contributed by atoms with Crippen LogP contribution in [0.3, 0.4) is 0 Å². The molecule has 25 heavy (non-hydrogen) atoms. The van der Waals surface area contributed by atoms with Crippen molar-refractivity contribution in [2.75, 3.05) is 5.32 Å². The number of hydrogen-bond donors (Lipinski definition) is 3. The van der Waals surface area contributed by atoms with Crippen LogP contribution in [0.2, 0.25) is 0 Å². The normalized spacial score (nSPS) is 12.4. The molecule has 3 N–H and O–H groups in total. The standard InChI is InChI=1S/C17H17N7O/c1-10-8-14-19-13(12-6-4-3-5-7-12)9-15(24(14)23-10)18-11(2)16-20-17(25)22-21-16/h3-9,11,18H,1-2H3,(H2,20,21,22,25). The van der Waals surface area contributed by atoms with Gasteiger partial charge in [0.15, 0.2) is 11.5 Å². The summed E-state index contributed by atoms with van der Waals surface area (Å²) in [6.07, 6.45) is 0. The van der Waals surface area contributed by atoms with Crippen LogP contribution in [0.5, 0.6) is 0 Å². The minimum atomic E-state index is -0.330. The summed E-state index contributed by atoms with van der Waals surface area (Å²) in [5.41, 5.74) is 3.17. The van der Waals surface area contributed by atoms with Gasteiger partial charge in [-0.25, -0.2) is 14.9 Å². The molecular weight excluding hydrogens is 318 g/mol. The monoisotopic (exact) mass is 335 g/mol. The third-order valence-corrected chi connectivity index (χ3v) is 3.91. The lowest BCUT2D eigenvalue weighted by atomic mass is 10.1. The molecule has 0 amide bonds. The van der Waals surface area contributed by atoms with Crippen LogP contribution < -0.4 is 11.0 Å². The quantitative estimate of drug-likeness (QED) is 0.531. The van der Waals surface area contributed by atoms with E-state index in [0.717, 1.165) is 28.4 Å². The number of aromatic nitrogens is 6. The molecule has 1 atom stereocenters. The predicted octanol–water partition coefficient (Wildman–Crippen LogP) is 2.29. The number of anilines is 1. The average Bonchev–Trinajstić information content (AvgIpc) is 3.20. The van der Waals surface area contributed by atoms with Gasteiger partial charge in [-0.3, -0.25) is 4.98 Å². The van der Waals surface area contributed by atoms with Crippen molar-refractivity contribution in [2.24, 2.45) is 0 Å². The molecule has 0 saturated heterocycles. The first-order valence-corrected chi connectivity index (χ1v) is 7.94. The van der Waals surface area contributed by atoms with Gasteiger partial charge in [-0.05, 0) is 13.8 Å². The van der Waals surface area contributed by atoms with Crippen LogP contribution in [-0.4, -0.2) is 29.8 Å². The molecule has 8 heteroatoms. The van der Waals surface area contributed by atoms with Crippen molar-refractivity contribution in [3.8, 4) is 11.3 Å². The number of nitrogens with one attached hydrogen (secondary N) is 3. The SMILES string of the molecule is Cc1cc2nc(-c3ccccc3)cc(NC(C)c3n[nH]c(=O)[nH]3)n2n1. The second-order valence-corrected chi connectivity index (χ2v) is 5.88. The fourth-order valence-corrected chi connectivity index (χ4v) is 2.73. The van der Waals surface area contributed by atoms with Crippen molar-refractivity contribution in [2.45, 2.75) is 19.9 Å². The highest BCUT2D eigenvalue weighted by molar-refractivity contribution is 5.66. The van der Waals surface area contributed by atoms with Crippen molar-refractivity contribution in [1.29, 1.82) is 0 Å². The van der Waals surface area contributed by atoms with Crippen molar-refractivity contribution in [1.82, 2.24) is 29.8 Å². The lowest BCUT2D eigenvalue weighted by Gasteiger charge is -2.14. The van der Waals surface area contributed by atoms with E-state index in [4.69, 9.17) is 4.98 Å². The summed E-state index contributed by atoms with van der Waals surface area (Å²) in [5, 5.41) is 14.2. The molecule has 0 radical (unpaired) electrons.